The molecule has 0 aromatic carbocycles. The first-order valence-corrected chi connectivity index (χ1v) is 14.5. The summed E-state index contributed by atoms with van der Waals surface area (Å²) in [6.45, 7) is 19.7. The smallest absolute Gasteiger partial charge is 0.247 e. The van der Waals surface area contributed by atoms with Crippen molar-refractivity contribution in [3.8, 4) is 0 Å². The summed E-state index contributed by atoms with van der Waals surface area (Å²) < 4.78 is -0.607. The monoisotopic (exact) mass is 533 g/mol. The van der Waals surface area contributed by atoms with Crippen LogP contribution >= 0.6 is 11.8 Å². The van der Waals surface area contributed by atoms with Crippen molar-refractivity contribution in [3.05, 3.63) is 25.3 Å². The Balaban J connectivity index is 2.05. The predicted molar refractivity (Wildman–Crippen MR) is 150 cm³/mol. The molecule has 3 heterocycles. The van der Waals surface area contributed by atoms with Gasteiger partial charge in [0.25, 0.3) is 0 Å². The van der Waals surface area contributed by atoms with Crippen LogP contribution in [0.5, 0.6) is 0 Å². The Morgan fingerprint density at radius 1 is 1.14 bits per heavy atom. The van der Waals surface area contributed by atoms with Gasteiger partial charge in [0.2, 0.25) is 17.7 Å². The molecular weight excluding hydrogens is 486 g/mol. The fourth-order valence-corrected chi connectivity index (χ4v) is 9.40. The highest BCUT2D eigenvalue weighted by molar-refractivity contribution is 8.02. The van der Waals surface area contributed by atoms with E-state index in [1.807, 2.05) is 4.90 Å². The quantitative estimate of drug-likeness (QED) is 0.305. The number of carbonyl (C=O) groups is 3. The summed E-state index contributed by atoms with van der Waals surface area (Å²) in [6, 6.07) is -0.625. The van der Waals surface area contributed by atoms with Crippen molar-refractivity contribution >= 4 is 29.5 Å². The third kappa shape index (κ3) is 5.51. The molecule has 3 aliphatic heterocycles. The Bertz CT molecular complexity index is 913. The largest absolute Gasteiger partial charge is 0.396 e. The number of aliphatic hydroxyl groups excluding tert-OH is 1. The average molecular weight is 534 g/mol. The van der Waals surface area contributed by atoms with Crippen LogP contribution in [0.3, 0.4) is 0 Å². The topological polar surface area (TPSA) is 81.2 Å². The number of carbonyl (C=O) groups excluding carboxylic acids is 3. The second kappa shape index (κ2) is 11.1. The van der Waals surface area contributed by atoms with Gasteiger partial charge in [-0.1, -0.05) is 32.9 Å². The van der Waals surface area contributed by atoms with Crippen LogP contribution in [0.15, 0.2) is 25.3 Å². The van der Waals surface area contributed by atoms with Gasteiger partial charge in [0, 0.05) is 44.1 Å². The zero-order chi connectivity index (χ0) is 27.8. The van der Waals surface area contributed by atoms with Crippen LogP contribution in [0.25, 0.3) is 0 Å². The molecule has 0 aliphatic carbocycles. The Morgan fingerprint density at radius 2 is 1.78 bits per heavy atom. The first kappa shape index (κ1) is 29.8. The second-order valence-electron chi connectivity index (χ2n) is 12.8. The van der Waals surface area contributed by atoms with Gasteiger partial charge in [-0.05, 0) is 51.4 Å². The molecule has 37 heavy (non-hydrogen) atoms. The van der Waals surface area contributed by atoms with Crippen LogP contribution in [0.2, 0.25) is 0 Å². The molecule has 8 heteroatoms. The Labute approximate surface area is 227 Å². The predicted octanol–water partition coefficient (Wildman–Crippen LogP) is 3.72. The number of nitrogens with zero attached hydrogens (tertiary/aromatic N) is 3. The summed E-state index contributed by atoms with van der Waals surface area (Å²) in [5.74, 6) is -1.09. The van der Waals surface area contributed by atoms with E-state index in [1.165, 1.54) is 0 Å². The maximum absolute atomic E-state index is 14.6. The van der Waals surface area contributed by atoms with E-state index in [1.54, 1.807) is 40.8 Å². The lowest BCUT2D eigenvalue weighted by Gasteiger charge is -2.46. The van der Waals surface area contributed by atoms with Crippen LogP contribution in [0.1, 0.15) is 66.7 Å². The molecule has 1 spiro atoms. The highest BCUT2D eigenvalue weighted by atomic mass is 32.2. The first-order valence-electron chi connectivity index (χ1n) is 13.6. The maximum atomic E-state index is 14.6. The number of likely N-dealkylation sites (N-methyl/N-ethyl adjacent to an activating group) is 1. The van der Waals surface area contributed by atoms with Gasteiger partial charge in [-0.3, -0.25) is 14.4 Å². The standard InChI is InChI=1S/C29H47N3O4S/c1-9-15-30(8)24(34)21-20-13-14-29(37-20)22(21)25(35)31(17-11-12-18-33)23(29)26(36)32(16-10-2)28(6,7)19-27(3,4)5/h9-10,20-23,33H,1-2,11-19H2,3-8H3/t20-,21+,22-,23?,29?/m0/s1. The lowest BCUT2D eigenvalue weighted by Crippen LogP contribution is -2.60. The van der Waals surface area contributed by atoms with Crippen LogP contribution in [0, 0.1) is 17.3 Å². The molecule has 3 rings (SSSR count). The number of thioether (sulfide) groups is 1. The molecule has 0 aromatic heterocycles. The molecule has 7 nitrogen and oxygen atoms in total. The van der Waals surface area contributed by atoms with Gasteiger partial charge in [-0.25, -0.2) is 0 Å². The summed E-state index contributed by atoms with van der Waals surface area (Å²) in [6.07, 6.45) is 7.02. The van der Waals surface area contributed by atoms with Gasteiger partial charge in [-0.15, -0.1) is 24.9 Å². The number of unbranched alkanes of at least 4 members (excludes halogenated alkanes) is 1. The van der Waals surface area contributed by atoms with Crippen molar-refractivity contribution in [2.24, 2.45) is 17.3 Å². The molecule has 3 fully saturated rings. The van der Waals surface area contributed by atoms with E-state index in [4.69, 9.17) is 0 Å². The van der Waals surface area contributed by atoms with E-state index in [9.17, 15) is 19.5 Å². The molecule has 1 N–H and O–H groups in total. The number of rotatable bonds is 12. The lowest BCUT2D eigenvalue weighted by molar-refractivity contribution is -0.147. The van der Waals surface area contributed by atoms with Crippen molar-refractivity contribution in [1.29, 1.82) is 0 Å². The van der Waals surface area contributed by atoms with Gasteiger partial charge < -0.3 is 19.8 Å². The third-order valence-corrected chi connectivity index (χ3v) is 10.1. The van der Waals surface area contributed by atoms with Crippen LogP contribution < -0.4 is 0 Å². The van der Waals surface area contributed by atoms with E-state index in [0.29, 0.717) is 32.5 Å². The summed E-state index contributed by atoms with van der Waals surface area (Å²) in [5, 5.41) is 9.43. The minimum atomic E-state index is -0.625. The van der Waals surface area contributed by atoms with Crippen molar-refractivity contribution in [1.82, 2.24) is 14.7 Å². The maximum Gasteiger partial charge on any atom is 0.247 e. The van der Waals surface area contributed by atoms with E-state index < -0.39 is 28.2 Å². The fourth-order valence-electron chi connectivity index (χ4n) is 7.19. The van der Waals surface area contributed by atoms with E-state index >= 15 is 0 Å². The fraction of sp³-hybridized carbons (Fsp3) is 0.759. The molecule has 5 atom stereocenters. The molecule has 208 valence electrons. The van der Waals surface area contributed by atoms with Crippen molar-refractivity contribution in [3.63, 3.8) is 0 Å². The third-order valence-electron chi connectivity index (χ3n) is 8.18. The van der Waals surface area contributed by atoms with E-state index in [2.05, 4.69) is 47.8 Å². The lowest BCUT2D eigenvalue weighted by atomic mass is 9.70. The van der Waals surface area contributed by atoms with E-state index in [0.717, 1.165) is 19.3 Å². The zero-order valence-corrected chi connectivity index (χ0v) is 24.5. The van der Waals surface area contributed by atoms with Gasteiger partial charge >= 0.3 is 0 Å². The molecule has 3 saturated heterocycles. The number of hydrogen-bond acceptors (Lipinski definition) is 5. The average Bonchev–Trinajstić information content (AvgIpc) is 3.43. The van der Waals surface area contributed by atoms with Gasteiger partial charge in [0.15, 0.2) is 0 Å². The second-order valence-corrected chi connectivity index (χ2v) is 14.4. The Morgan fingerprint density at radius 3 is 2.35 bits per heavy atom. The van der Waals surface area contributed by atoms with Crippen LogP contribution in [-0.2, 0) is 14.4 Å². The highest BCUT2D eigenvalue weighted by Crippen LogP contribution is 2.66. The Hall–Kier alpha value is -1.80. The molecule has 3 aliphatic rings. The molecule has 2 bridgehead atoms. The van der Waals surface area contributed by atoms with Crippen molar-refractivity contribution < 1.29 is 19.5 Å². The number of fused-ring (bicyclic) bond motifs is 1. The van der Waals surface area contributed by atoms with Gasteiger partial charge in [0.05, 0.1) is 16.6 Å². The molecule has 3 amide bonds. The number of aliphatic hydroxyl groups is 1. The highest BCUT2D eigenvalue weighted by Gasteiger charge is 2.74. The minimum Gasteiger partial charge on any atom is -0.396 e. The summed E-state index contributed by atoms with van der Waals surface area (Å²) in [7, 11) is 1.76. The molecule has 0 saturated carbocycles. The van der Waals surface area contributed by atoms with Crippen molar-refractivity contribution in [2.75, 3.05) is 33.3 Å². The molecule has 0 aromatic rings. The molecule has 2 unspecified atom stereocenters. The van der Waals surface area contributed by atoms with Crippen LogP contribution in [-0.4, -0.2) is 92.4 Å². The van der Waals surface area contributed by atoms with Gasteiger partial charge in [0.1, 0.15) is 6.04 Å². The number of likely N-dealkylation sites (tertiary alicyclic amines) is 1. The minimum absolute atomic E-state index is 0.00411. The number of hydrogen-bond donors (Lipinski definition) is 1. The van der Waals surface area contributed by atoms with Gasteiger partial charge in [-0.2, -0.15) is 0 Å². The summed E-state index contributed by atoms with van der Waals surface area (Å²) in [4.78, 5) is 47.6. The molecule has 0 radical (unpaired) electrons. The number of amides is 3. The first-order chi connectivity index (χ1) is 17.3. The molecular formula is C29H47N3O4S. The SMILES string of the molecule is C=CCN(C)C(=O)[C@@H]1[C@@H]2CCC3(S2)C(C(=O)N(CC=C)C(C)(C)CC(C)(C)C)N(CCCCO)C(=O)[C@H]13. The normalized spacial score (nSPS) is 28.8. The zero-order valence-electron chi connectivity index (χ0n) is 23.7. The van der Waals surface area contributed by atoms with Crippen molar-refractivity contribution in [2.45, 2.75) is 88.3 Å². The summed E-state index contributed by atoms with van der Waals surface area (Å²) >= 11 is 1.71. The Kier molecular flexibility index (Phi) is 8.95. The van der Waals surface area contributed by atoms with Crippen LogP contribution in [0.4, 0.5) is 0 Å². The summed E-state index contributed by atoms with van der Waals surface area (Å²) in [5.41, 5.74) is -0.442. The van der Waals surface area contributed by atoms with E-state index in [-0.39, 0.29) is 35.0 Å².